The van der Waals surface area contributed by atoms with E-state index in [1.165, 1.54) is 0 Å². The summed E-state index contributed by atoms with van der Waals surface area (Å²) in [5, 5.41) is 10.5. The van der Waals surface area contributed by atoms with Gasteiger partial charge in [0.25, 0.3) is 5.91 Å². The van der Waals surface area contributed by atoms with Gasteiger partial charge in [-0.25, -0.2) is 0 Å². The van der Waals surface area contributed by atoms with Crippen molar-refractivity contribution in [2.45, 2.75) is 6.54 Å². The van der Waals surface area contributed by atoms with E-state index in [9.17, 15) is 9.59 Å². The van der Waals surface area contributed by atoms with Crippen LogP contribution < -0.4 is 15.0 Å². The van der Waals surface area contributed by atoms with Gasteiger partial charge >= 0.3 is 5.97 Å². The minimum atomic E-state index is -0.552. The molecule has 0 radical (unpaired) electrons. The molecule has 0 saturated carbocycles. The van der Waals surface area contributed by atoms with Crippen molar-refractivity contribution in [3.8, 4) is 5.75 Å². The molecule has 2 aromatic rings. The van der Waals surface area contributed by atoms with Gasteiger partial charge in [-0.05, 0) is 29.8 Å². The summed E-state index contributed by atoms with van der Waals surface area (Å²) >= 11 is 5.66. The molecule has 0 aliphatic carbocycles. The zero-order chi connectivity index (χ0) is 18.9. The van der Waals surface area contributed by atoms with Gasteiger partial charge in [-0.2, -0.15) is 0 Å². The average Bonchev–Trinajstić information content (AvgIpc) is 2.65. The third-order valence-electron chi connectivity index (χ3n) is 3.39. The van der Waals surface area contributed by atoms with Crippen LogP contribution in [0.3, 0.4) is 0 Å². The standard InChI is InChI=1S/C17H19ClN4O4/c1-22(15-8-7-14(18)20-21-15)10-17(24)26-11-16(23)19-9-12-3-5-13(25-2)6-4-12/h3-8H,9-11H2,1-2H3,(H,19,23). The fraction of sp³-hybridized carbons (Fsp3) is 0.294. The predicted molar refractivity (Wildman–Crippen MR) is 96.1 cm³/mol. The first-order valence-electron chi connectivity index (χ1n) is 7.73. The van der Waals surface area contributed by atoms with Crippen molar-refractivity contribution in [1.82, 2.24) is 15.5 Å². The Hall–Kier alpha value is -2.87. The molecule has 1 N–H and O–H groups in total. The number of carbonyl (C=O) groups is 2. The number of aromatic nitrogens is 2. The van der Waals surface area contributed by atoms with E-state index < -0.39 is 5.97 Å². The second-order valence-corrected chi connectivity index (χ2v) is 5.74. The number of nitrogens with one attached hydrogen (secondary N) is 1. The summed E-state index contributed by atoms with van der Waals surface area (Å²) in [7, 11) is 3.24. The summed E-state index contributed by atoms with van der Waals surface area (Å²) in [5.74, 6) is 0.269. The molecule has 1 aromatic heterocycles. The van der Waals surface area contributed by atoms with E-state index in [0.29, 0.717) is 12.4 Å². The summed E-state index contributed by atoms with van der Waals surface area (Å²) in [6, 6.07) is 10.5. The lowest BCUT2D eigenvalue weighted by atomic mass is 10.2. The average molecular weight is 379 g/mol. The number of rotatable bonds is 8. The van der Waals surface area contributed by atoms with E-state index >= 15 is 0 Å². The van der Waals surface area contributed by atoms with E-state index in [4.69, 9.17) is 21.1 Å². The van der Waals surface area contributed by atoms with Crippen LogP contribution in [0.1, 0.15) is 5.56 Å². The summed E-state index contributed by atoms with van der Waals surface area (Å²) < 4.78 is 10.0. The SMILES string of the molecule is COc1ccc(CNC(=O)COC(=O)CN(C)c2ccc(Cl)nn2)cc1. The minimum absolute atomic E-state index is 0.0674. The van der Waals surface area contributed by atoms with Gasteiger partial charge in [0.2, 0.25) is 0 Å². The van der Waals surface area contributed by atoms with Gasteiger partial charge in [0, 0.05) is 13.6 Å². The molecule has 1 amide bonds. The lowest BCUT2D eigenvalue weighted by molar-refractivity contribution is -0.147. The highest BCUT2D eigenvalue weighted by molar-refractivity contribution is 6.29. The molecule has 0 bridgehead atoms. The van der Waals surface area contributed by atoms with Gasteiger partial charge in [0.05, 0.1) is 7.11 Å². The van der Waals surface area contributed by atoms with Crippen molar-refractivity contribution in [3.63, 3.8) is 0 Å². The van der Waals surface area contributed by atoms with Crippen LogP contribution >= 0.6 is 11.6 Å². The number of hydrogen-bond donors (Lipinski definition) is 1. The number of halogens is 1. The van der Waals surface area contributed by atoms with E-state index in [0.717, 1.165) is 11.3 Å². The molecule has 1 heterocycles. The fourth-order valence-electron chi connectivity index (χ4n) is 1.97. The molecule has 26 heavy (non-hydrogen) atoms. The number of esters is 1. The van der Waals surface area contributed by atoms with Gasteiger partial charge in [-0.3, -0.25) is 9.59 Å². The van der Waals surface area contributed by atoms with E-state index in [1.54, 1.807) is 43.3 Å². The first kappa shape index (κ1) is 19.5. The number of ether oxygens (including phenoxy) is 2. The first-order valence-corrected chi connectivity index (χ1v) is 8.11. The smallest absolute Gasteiger partial charge is 0.326 e. The molecule has 0 spiro atoms. The number of methoxy groups -OCH3 is 1. The minimum Gasteiger partial charge on any atom is -0.497 e. The van der Waals surface area contributed by atoms with Crippen molar-refractivity contribution < 1.29 is 19.1 Å². The number of benzene rings is 1. The first-order chi connectivity index (χ1) is 12.5. The van der Waals surface area contributed by atoms with Gasteiger partial charge in [-0.15, -0.1) is 10.2 Å². The maximum Gasteiger partial charge on any atom is 0.326 e. The van der Waals surface area contributed by atoms with Crippen molar-refractivity contribution in [2.24, 2.45) is 0 Å². The molecule has 1 aromatic carbocycles. The maximum atomic E-state index is 11.8. The zero-order valence-corrected chi connectivity index (χ0v) is 15.2. The van der Waals surface area contributed by atoms with Crippen LogP contribution in [0.2, 0.25) is 5.15 Å². The molecule has 2 rings (SSSR count). The maximum absolute atomic E-state index is 11.8. The number of hydrogen-bond acceptors (Lipinski definition) is 7. The van der Waals surface area contributed by atoms with Crippen LogP contribution in [0.4, 0.5) is 5.82 Å². The molecule has 8 nitrogen and oxygen atoms in total. The number of carbonyl (C=O) groups excluding carboxylic acids is 2. The Balaban J connectivity index is 1.70. The molecule has 0 unspecified atom stereocenters. The third-order valence-corrected chi connectivity index (χ3v) is 3.59. The molecule has 0 aliphatic heterocycles. The van der Waals surface area contributed by atoms with Crippen LogP contribution in [0, 0.1) is 0 Å². The number of amides is 1. The molecular formula is C17H19ClN4O4. The largest absolute Gasteiger partial charge is 0.497 e. The molecule has 9 heteroatoms. The highest BCUT2D eigenvalue weighted by atomic mass is 35.5. The van der Waals surface area contributed by atoms with Gasteiger partial charge in [-0.1, -0.05) is 23.7 Å². The van der Waals surface area contributed by atoms with Gasteiger partial charge in [0.1, 0.15) is 12.3 Å². The normalized spacial score (nSPS) is 10.1. The lowest BCUT2D eigenvalue weighted by Crippen LogP contribution is -2.32. The van der Waals surface area contributed by atoms with Crippen molar-refractivity contribution >= 4 is 29.3 Å². The quantitative estimate of drug-likeness (QED) is 0.694. The Morgan fingerprint density at radius 3 is 2.50 bits per heavy atom. The van der Waals surface area contributed by atoms with Crippen LogP contribution in [-0.2, 0) is 20.9 Å². The topological polar surface area (TPSA) is 93.6 Å². The third kappa shape index (κ3) is 6.21. The monoisotopic (exact) mass is 378 g/mol. The van der Waals surface area contributed by atoms with Gasteiger partial charge < -0.3 is 19.7 Å². The summed E-state index contributed by atoms with van der Waals surface area (Å²) in [5.41, 5.74) is 0.909. The van der Waals surface area contributed by atoms with Crippen LogP contribution in [0.5, 0.6) is 5.75 Å². The number of anilines is 1. The second kappa shape index (κ2) is 9.57. The predicted octanol–water partition coefficient (Wildman–Crippen LogP) is 1.43. The Morgan fingerprint density at radius 1 is 1.15 bits per heavy atom. The zero-order valence-electron chi connectivity index (χ0n) is 14.4. The van der Waals surface area contributed by atoms with Crippen LogP contribution in [0.15, 0.2) is 36.4 Å². The summed E-state index contributed by atoms with van der Waals surface area (Å²) in [4.78, 5) is 25.1. The molecular weight excluding hydrogens is 360 g/mol. The second-order valence-electron chi connectivity index (χ2n) is 5.36. The fourth-order valence-corrected chi connectivity index (χ4v) is 2.07. The van der Waals surface area contributed by atoms with E-state index in [1.807, 2.05) is 12.1 Å². The Labute approximate surface area is 156 Å². The number of likely N-dealkylation sites (N-methyl/N-ethyl adjacent to an activating group) is 1. The molecule has 0 atom stereocenters. The highest BCUT2D eigenvalue weighted by Gasteiger charge is 2.12. The van der Waals surface area contributed by atoms with Crippen LogP contribution in [0.25, 0.3) is 0 Å². The van der Waals surface area contributed by atoms with E-state index in [2.05, 4.69) is 15.5 Å². The Bertz CT molecular complexity index is 737. The van der Waals surface area contributed by atoms with Crippen LogP contribution in [-0.4, -0.2) is 49.4 Å². The molecule has 0 aliphatic rings. The van der Waals surface area contributed by atoms with Crippen molar-refractivity contribution in [1.29, 1.82) is 0 Å². The van der Waals surface area contributed by atoms with E-state index in [-0.39, 0.29) is 24.2 Å². The van der Waals surface area contributed by atoms with Crippen molar-refractivity contribution in [2.75, 3.05) is 32.2 Å². The lowest BCUT2D eigenvalue weighted by Gasteiger charge is -2.16. The molecule has 0 saturated heterocycles. The van der Waals surface area contributed by atoms with Gasteiger partial charge in [0.15, 0.2) is 17.6 Å². The summed E-state index contributed by atoms with van der Waals surface area (Å²) in [6.07, 6.45) is 0. The van der Waals surface area contributed by atoms with Crippen molar-refractivity contribution in [3.05, 3.63) is 47.1 Å². The Kier molecular flexibility index (Phi) is 7.16. The number of nitrogens with zero attached hydrogens (tertiary/aromatic N) is 3. The summed E-state index contributed by atoms with van der Waals surface area (Å²) in [6.45, 7) is -0.0855. The Morgan fingerprint density at radius 2 is 1.88 bits per heavy atom. The molecule has 138 valence electrons. The molecule has 0 fully saturated rings. The highest BCUT2D eigenvalue weighted by Crippen LogP contribution is 2.11.